The molecule has 112 valence electrons. The number of nitrogens with one attached hydrogen (secondary N) is 1. The number of aryl methyl sites for hydroxylation is 2. The van der Waals surface area contributed by atoms with Gasteiger partial charge in [0.1, 0.15) is 0 Å². The van der Waals surface area contributed by atoms with Crippen molar-refractivity contribution in [2.45, 2.75) is 25.3 Å². The Morgan fingerprint density at radius 3 is 2.95 bits per heavy atom. The normalized spacial score (nSPS) is 17.4. The number of nitrogens with zero attached hydrogens (tertiary/aromatic N) is 2. The first-order valence-corrected chi connectivity index (χ1v) is 7.78. The molecule has 1 unspecified atom stereocenters. The molecule has 2 aromatic carbocycles. The van der Waals surface area contributed by atoms with E-state index in [1.54, 1.807) is 0 Å². The second-order valence-corrected chi connectivity index (χ2v) is 6.03. The Morgan fingerprint density at radius 2 is 2.09 bits per heavy atom. The van der Waals surface area contributed by atoms with Crippen LogP contribution in [0.4, 0.5) is 11.6 Å². The summed E-state index contributed by atoms with van der Waals surface area (Å²) in [4.78, 5) is 4.72. The van der Waals surface area contributed by atoms with E-state index in [1.807, 2.05) is 18.2 Å². The second-order valence-electron chi connectivity index (χ2n) is 6.03. The fourth-order valence-electron chi connectivity index (χ4n) is 3.41. The predicted molar refractivity (Wildman–Crippen MR) is 90.9 cm³/mol. The van der Waals surface area contributed by atoms with Gasteiger partial charge in [-0.25, -0.2) is 4.98 Å². The van der Waals surface area contributed by atoms with Crippen LogP contribution in [0.2, 0.25) is 0 Å². The van der Waals surface area contributed by atoms with Crippen molar-refractivity contribution in [3.05, 3.63) is 53.6 Å². The van der Waals surface area contributed by atoms with Crippen LogP contribution in [0.1, 0.15) is 30.0 Å². The average molecular weight is 292 g/mol. The van der Waals surface area contributed by atoms with Crippen LogP contribution in [0.3, 0.4) is 0 Å². The van der Waals surface area contributed by atoms with Gasteiger partial charge in [0.15, 0.2) is 0 Å². The Kier molecular flexibility index (Phi) is 3.03. The van der Waals surface area contributed by atoms with E-state index in [1.165, 1.54) is 17.5 Å². The quantitative estimate of drug-likeness (QED) is 0.709. The number of hydrogen-bond donors (Lipinski definition) is 2. The molecule has 4 rings (SSSR count). The lowest BCUT2D eigenvalue weighted by molar-refractivity contribution is 0.594. The summed E-state index contributed by atoms with van der Waals surface area (Å²) in [6.45, 7) is 0. The monoisotopic (exact) mass is 292 g/mol. The lowest BCUT2D eigenvalue weighted by Gasteiger charge is -2.27. The lowest BCUT2D eigenvalue weighted by Crippen LogP contribution is -2.19. The zero-order chi connectivity index (χ0) is 15.1. The number of rotatable bonds is 2. The van der Waals surface area contributed by atoms with Crippen molar-refractivity contribution in [3.8, 4) is 0 Å². The SMILES string of the molecule is Cn1c(NC2CCCc3cc(N)ccc32)nc2ccccc21. The van der Waals surface area contributed by atoms with Crippen LogP contribution in [0.5, 0.6) is 0 Å². The maximum Gasteiger partial charge on any atom is 0.204 e. The van der Waals surface area contributed by atoms with E-state index < -0.39 is 0 Å². The number of nitrogen functional groups attached to an aromatic ring is 1. The van der Waals surface area contributed by atoms with Crippen LogP contribution in [0, 0.1) is 0 Å². The van der Waals surface area contributed by atoms with Crippen molar-refractivity contribution in [1.29, 1.82) is 0 Å². The number of hydrogen-bond acceptors (Lipinski definition) is 3. The van der Waals surface area contributed by atoms with Crippen molar-refractivity contribution < 1.29 is 0 Å². The number of imidazole rings is 1. The van der Waals surface area contributed by atoms with Crippen LogP contribution < -0.4 is 11.1 Å². The predicted octanol–water partition coefficient (Wildman–Crippen LogP) is 3.65. The van der Waals surface area contributed by atoms with Gasteiger partial charge in [-0.1, -0.05) is 18.2 Å². The average Bonchev–Trinajstić information content (AvgIpc) is 2.84. The van der Waals surface area contributed by atoms with Crippen LogP contribution in [0.15, 0.2) is 42.5 Å². The van der Waals surface area contributed by atoms with Gasteiger partial charge in [-0.15, -0.1) is 0 Å². The van der Waals surface area contributed by atoms with Crippen LogP contribution in [0.25, 0.3) is 11.0 Å². The third-order valence-electron chi connectivity index (χ3n) is 4.57. The minimum Gasteiger partial charge on any atom is -0.399 e. The van der Waals surface area contributed by atoms with Crippen molar-refractivity contribution in [1.82, 2.24) is 9.55 Å². The molecule has 4 heteroatoms. The highest BCUT2D eigenvalue weighted by molar-refractivity contribution is 5.78. The summed E-state index contributed by atoms with van der Waals surface area (Å²) >= 11 is 0. The molecule has 1 aliphatic carbocycles. The Balaban J connectivity index is 1.70. The number of para-hydroxylation sites is 2. The van der Waals surface area contributed by atoms with E-state index in [0.29, 0.717) is 6.04 Å². The molecule has 1 aliphatic rings. The van der Waals surface area contributed by atoms with Gasteiger partial charge >= 0.3 is 0 Å². The third-order valence-corrected chi connectivity index (χ3v) is 4.57. The van der Waals surface area contributed by atoms with E-state index in [4.69, 9.17) is 10.7 Å². The van der Waals surface area contributed by atoms with Crippen molar-refractivity contribution in [2.75, 3.05) is 11.1 Å². The van der Waals surface area contributed by atoms with Crippen LogP contribution in [-0.2, 0) is 13.5 Å². The minimum absolute atomic E-state index is 0.305. The number of nitrogens with two attached hydrogens (primary N) is 1. The summed E-state index contributed by atoms with van der Waals surface area (Å²) < 4.78 is 2.13. The molecule has 0 radical (unpaired) electrons. The molecule has 0 fully saturated rings. The van der Waals surface area contributed by atoms with Gasteiger partial charge in [0.2, 0.25) is 5.95 Å². The number of fused-ring (bicyclic) bond motifs is 2. The molecule has 0 aliphatic heterocycles. The highest BCUT2D eigenvalue weighted by Gasteiger charge is 2.21. The molecule has 1 heterocycles. The Labute approximate surface area is 130 Å². The van der Waals surface area contributed by atoms with Crippen LogP contribution >= 0.6 is 0 Å². The molecule has 4 nitrogen and oxygen atoms in total. The maximum atomic E-state index is 5.92. The Morgan fingerprint density at radius 1 is 1.23 bits per heavy atom. The first kappa shape index (κ1) is 13.2. The van der Waals surface area contributed by atoms with Gasteiger partial charge in [0, 0.05) is 12.7 Å². The van der Waals surface area contributed by atoms with Crippen molar-refractivity contribution >= 4 is 22.7 Å². The largest absolute Gasteiger partial charge is 0.399 e. The zero-order valence-electron chi connectivity index (χ0n) is 12.7. The fourth-order valence-corrected chi connectivity index (χ4v) is 3.41. The summed E-state index contributed by atoms with van der Waals surface area (Å²) in [7, 11) is 2.06. The number of benzene rings is 2. The van der Waals surface area contributed by atoms with E-state index in [2.05, 4.69) is 41.2 Å². The number of aromatic nitrogens is 2. The Bertz CT molecular complexity index is 834. The second kappa shape index (κ2) is 5.05. The van der Waals surface area contributed by atoms with Gasteiger partial charge in [-0.05, 0) is 54.7 Å². The van der Waals surface area contributed by atoms with Crippen LogP contribution in [-0.4, -0.2) is 9.55 Å². The summed E-state index contributed by atoms with van der Waals surface area (Å²) in [6.07, 6.45) is 3.42. The lowest BCUT2D eigenvalue weighted by atomic mass is 9.87. The topological polar surface area (TPSA) is 55.9 Å². The van der Waals surface area contributed by atoms with E-state index in [9.17, 15) is 0 Å². The van der Waals surface area contributed by atoms with Gasteiger partial charge in [0.05, 0.1) is 17.1 Å². The molecular formula is C18H20N4. The molecule has 0 bridgehead atoms. The van der Waals surface area contributed by atoms with Gasteiger partial charge in [-0.3, -0.25) is 0 Å². The Hall–Kier alpha value is -2.49. The minimum atomic E-state index is 0.305. The maximum absolute atomic E-state index is 5.92. The molecule has 1 atom stereocenters. The molecule has 0 spiro atoms. The molecule has 0 amide bonds. The smallest absolute Gasteiger partial charge is 0.204 e. The summed E-state index contributed by atoms with van der Waals surface area (Å²) in [5.41, 5.74) is 11.7. The molecule has 3 N–H and O–H groups in total. The van der Waals surface area contributed by atoms with E-state index >= 15 is 0 Å². The third kappa shape index (κ3) is 2.11. The van der Waals surface area contributed by atoms with Gasteiger partial charge in [0.25, 0.3) is 0 Å². The molecular weight excluding hydrogens is 272 g/mol. The first-order chi connectivity index (χ1) is 10.7. The fraction of sp³-hybridized carbons (Fsp3) is 0.278. The van der Waals surface area contributed by atoms with Crippen molar-refractivity contribution in [3.63, 3.8) is 0 Å². The summed E-state index contributed by atoms with van der Waals surface area (Å²) in [5, 5.41) is 3.63. The first-order valence-electron chi connectivity index (χ1n) is 7.78. The van der Waals surface area contributed by atoms with E-state index in [0.717, 1.165) is 35.5 Å². The molecule has 22 heavy (non-hydrogen) atoms. The highest BCUT2D eigenvalue weighted by Crippen LogP contribution is 2.33. The molecule has 1 aromatic heterocycles. The van der Waals surface area contributed by atoms with Crippen molar-refractivity contribution in [2.24, 2.45) is 7.05 Å². The van der Waals surface area contributed by atoms with E-state index in [-0.39, 0.29) is 0 Å². The highest BCUT2D eigenvalue weighted by atomic mass is 15.2. The summed E-state index contributed by atoms with van der Waals surface area (Å²) in [6, 6.07) is 14.8. The number of anilines is 2. The molecule has 3 aromatic rings. The van der Waals surface area contributed by atoms with Gasteiger partial charge in [-0.2, -0.15) is 0 Å². The molecule has 0 saturated carbocycles. The molecule has 0 saturated heterocycles. The van der Waals surface area contributed by atoms with Gasteiger partial charge < -0.3 is 15.6 Å². The standard InChI is InChI=1S/C18H20N4/c1-22-17-8-3-2-6-16(17)21-18(22)20-15-7-4-5-12-11-13(19)9-10-14(12)15/h2-3,6,8-11,15H,4-5,7,19H2,1H3,(H,20,21). The summed E-state index contributed by atoms with van der Waals surface area (Å²) in [5.74, 6) is 0.927. The zero-order valence-corrected chi connectivity index (χ0v) is 12.7.